The number of carbonyl (C=O) groups excluding carboxylic acids is 2. The first kappa shape index (κ1) is 27.9. The Morgan fingerprint density at radius 2 is 1.41 bits per heavy atom. The molecular formula is C20H28ClN5O4S2. The number of anilines is 1. The lowest BCUT2D eigenvalue weighted by Gasteiger charge is -2.22. The Labute approximate surface area is 201 Å². The number of esters is 2. The molecule has 0 bridgehead atoms. The summed E-state index contributed by atoms with van der Waals surface area (Å²) < 4.78 is 9.76. The average Bonchev–Trinajstić information content (AvgIpc) is 2.73. The Morgan fingerprint density at radius 3 is 1.84 bits per heavy atom. The van der Waals surface area contributed by atoms with Crippen molar-refractivity contribution in [3.05, 3.63) is 28.7 Å². The third-order valence-corrected chi connectivity index (χ3v) is 4.75. The molecular weight excluding hydrogens is 474 g/mol. The van der Waals surface area contributed by atoms with Gasteiger partial charge in [-0.2, -0.15) is 0 Å². The van der Waals surface area contributed by atoms with Gasteiger partial charge in [0.15, 0.2) is 10.3 Å². The summed E-state index contributed by atoms with van der Waals surface area (Å²) in [5, 5.41) is 4.48. The average molecular weight is 502 g/mol. The van der Waals surface area contributed by atoms with Gasteiger partial charge in [0.05, 0.1) is 13.2 Å². The molecule has 0 radical (unpaired) electrons. The van der Waals surface area contributed by atoms with Crippen LogP contribution in [0.5, 0.6) is 0 Å². The Kier molecular flexibility index (Phi) is 11.7. The first-order valence-corrected chi connectivity index (χ1v) is 12.5. The molecule has 0 unspecified atom stereocenters. The molecule has 0 saturated heterocycles. The molecule has 0 atom stereocenters. The van der Waals surface area contributed by atoms with E-state index in [1.165, 1.54) is 35.9 Å². The van der Waals surface area contributed by atoms with Crippen LogP contribution >= 0.6 is 35.1 Å². The standard InChI is InChI=1S/C12H19N3O2S.C8H9ClN2O2S/c1-6-17-10(16)8-7-13-11(18-5)14-9(8)15-12(2,3)4;1-3-13-7(12)5-4-10-8(14-2)11-6(5)9/h7H,6H2,1-5H3,(H,13,14,15);4H,3H2,1-2H3. The zero-order chi connectivity index (χ0) is 24.3. The topological polar surface area (TPSA) is 116 Å². The monoisotopic (exact) mass is 501 g/mol. The number of nitrogens with one attached hydrogen (secondary N) is 1. The molecule has 2 rings (SSSR count). The predicted molar refractivity (Wildman–Crippen MR) is 128 cm³/mol. The Morgan fingerprint density at radius 1 is 0.938 bits per heavy atom. The maximum Gasteiger partial charge on any atom is 0.343 e. The second-order valence-electron chi connectivity index (χ2n) is 7.00. The molecule has 1 N–H and O–H groups in total. The molecule has 176 valence electrons. The number of ether oxygens (including phenoxy) is 2. The number of hydrogen-bond donors (Lipinski definition) is 1. The summed E-state index contributed by atoms with van der Waals surface area (Å²) in [4.78, 5) is 39.3. The summed E-state index contributed by atoms with van der Waals surface area (Å²) in [5.41, 5.74) is 0.376. The third-order valence-electron chi connectivity index (χ3n) is 3.34. The van der Waals surface area contributed by atoms with Gasteiger partial charge >= 0.3 is 11.9 Å². The van der Waals surface area contributed by atoms with E-state index in [9.17, 15) is 9.59 Å². The van der Waals surface area contributed by atoms with Crippen LogP contribution in [0.25, 0.3) is 0 Å². The number of aromatic nitrogens is 4. The fourth-order valence-electron chi connectivity index (χ4n) is 2.06. The van der Waals surface area contributed by atoms with Gasteiger partial charge in [-0.15, -0.1) is 0 Å². The highest BCUT2D eigenvalue weighted by Crippen LogP contribution is 2.21. The van der Waals surface area contributed by atoms with Gasteiger partial charge < -0.3 is 14.8 Å². The van der Waals surface area contributed by atoms with E-state index < -0.39 is 11.9 Å². The molecule has 12 heteroatoms. The van der Waals surface area contributed by atoms with Crippen molar-refractivity contribution in [1.82, 2.24) is 19.9 Å². The van der Waals surface area contributed by atoms with Crippen molar-refractivity contribution >= 4 is 52.9 Å². The van der Waals surface area contributed by atoms with Crippen LogP contribution in [0.4, 0.5) is 5.82 Å². The second kappa shape index (κ2) is 13.4. The zero-order valence-corrected chi connectivity index (χ0v) is 21.6. The summed E-state index contributed by atoms with van der Waals surface area (Å²) in [6, 6.07) is 0. The van der Waals surface area contributed by atoms with E-state index in [4.69, 9.17) is 21.1 Å². The van der Waals surface area contributed by atoms with Crippen molar-refractivity contribution in [2.75, 3.05) is 31.0 Å². The van der Waals surface area contributed by atoms with Crippen LogP contribution in [0, 0.1) is 0 Å². The lowest BCUT2D eigenvalue weighted by molar-refractivity contribution is 0.0516. The highest BCUT2D eigenvalue weighted by molar-refractivity contribution is 7.98. The number of rotatable bonds is 7. The van der Waals surface area contributed by atoms with Gasteiger partial charge in [-0.3, -0.25) is 0 Å². The van der Waals surface area contributed by atoms with Gasteiger partial charge in [0.1, 0.15) is 22.1 Å². The fraction of sp³-hybridized carbons (Fsp3) is 0.500. The normalized spacial score (nSPS) is 10.6. The highest BCUT2D eigenvalue weighted by atomic mass is 35.5. The van der Waals surface area contributed by atoms with Gasteiger partial charge in [-0.1, -0.05) is 35.1 Å². The number of hydrogen-bond acceptors (Lipinski definition) is 11. The minimum atomic E-state index is -0.495. The van der Waals surface area contributed by atoms with Crippen molar-refractivity contribution in [2.24, 2.45) is 0 Å². The van der Waals surface area contributed by atoms with Gasteiger partial charge in [-0.05, 0) is 47.1 Å². The molecule has 32 heavy (non-hydrogen) atoms. The fourth-order valence-corrected chi connectivity index (χ4v) is 3.00. The minimum Gasteiger partial charge on any atom is -0.462 e. The van der Waals surface area contributed by atoms with E-state index in [0.29, 0.717) is 34.9 Å². The highest BCUT2D eigenvalue weighted by Gasteiger charge is 2.20. The molecule has 0 saturated carbocycles. The molecule has 0 spiro atoms. The van der Waals surface area contributed by atoms with Crippen molar-refractivity contribution in [3.8, 4) is 0 Å². The Balaban J connectivity index is 0.000000330. The van der Waals surface area contributed by atoms with Crippen molar-refractivity contribution in [2.45, 2.75) is 50.5 Å². The Hall–Kier alpha value is -2.11. The van der Waals surface area contributed by atoms with Gasteiger partial charge in [0, 0.05) is 17.9 Å². The van der Waals surface area contributed by atoms with Gasteiger partial charge in [0.25, 0.3) is 0 Å². The molecule has 2 heterocycles. The molecule has 0 aliphatic rings. The maximum absolute atomic E-state index is 11.8. The third kappa shape index (κ3) is 9.17. The molecule has 2 aromatic heterocycles. The number of nitrogens with zero attached hydrogens (tertiary/aromatic N) is 4. The van der Waals surface area contributed by atoms with E-state index in [1.54, 1.807) is 13.8 Å². The second-order valence-corrected chi connectivity index (χ2v) is 8.90. The molecule has 2 aromatic rings. The maximum atomic E-state index is 11.8. The smallest absolute Gasteiger partial charge is 0.343 e. The first-order valence-electron chi connectivity index (χ1n) is 9.66. The molecule has 0 fully saturated rings. The molecule has 0 aliphatic carbocycles. The van der Waals surface area contributed by atoms with Crippen LogP contribution < -0.4 is 5.32 Å². The molecule has 9 nitrogen and oxygen atoms in total. The summed E-state index contributed by atoms with van der Waals surface area (Å²) in [6.45, 7) is 10.1. The minimum absolute atomic E-state index is 0.128. The number of halogens is 1. The van der Waals surface area contributed by atoms with Crippen LogP contribution in [0.2, 0.25) is 5.15 Å². The lowest BCUT2D eigenvalue weighted by Crippen LogP contribution is -2.28. The van der Waals surface area contributed by atoms with E-state index in [1.807, 2.05) is 33.3 Å². The van der Waals surface area contributed by atoms with Crippen LogP contribution in [0.1, 0.15) is 55.3 Å². The van der Waals surface area contributed by atoms with Crippen LogP contribution in [-0.2, 0) is 9.47 Å². The van der Waals surface area contributed by atoms with Gasteiger partial charge in [0.2, 0.25) is 0 Å². The number of thioether (sulfide) groups is 2. The first-order chi connectivity index (χ1) is 15.1. The van der Waals surface area contributed by atoms with Crippen molar-refractivity contribution in [1.29, 1.82) is 0 Å². The van der Waals surface area contributed by atoms with E-state index in [2.05, 4.69) is 25.3 Å². The summed E-state index contributed by atoms with van der Waals surface area (Å²) in [6.07, 6.45) is 6.60. The molecule has 0 amide bonds. The van der Waals surface area contributed by atoms with Crippen molar-refractivity contribution in [3.63, 3.8) is 0 Å². The quantitative estimate of drug-likeness (QED) is 0.248. The molecule has 0 aromatic carbocycles. The van der Waals surface area contributed by atoms with Crippen LogP contribution in [-0.4, -0.2) is 63.1 Å². The Bertz CT molecular complexity index is 925. The van der Waals surface area contributed by atoms with Gasteiger partial charge in [-0.25, -0.2) is 29.5 Å². The van der Waals surface area contributed by atoms with E-state index in [0.717, 1.165) is 0 Å². The van der Waals surface area contributed by atoms with Crippen molar-refractivity contribution < 1.29 is 19.1 Å². The summed E-state index contributed by atoms with van der Waals surface area (Å²) in [7, 11) is 0. The number of carbonyl (C=O) groups is 2. The predicted octanol–water partition coefficient (Wildman–Crippen LogP) is 4.61. The van der Waals surface area contributed by atoms with Crippen LogP contribution in [0.3, 0.4) is 0 Å². The van der Waals surface area contributed by atoms with Crippen LogP contribution in [0.15, 0.2) is 22.7 Å². The molecule has 0 aliphatic heterocycles. The largest absolute Gasteiger partial charge is 0.462 e. The van der Waals surface area contributed by atoms with E-state index >= 15 is 0 Å². The van der Waals surface area contributed by atoms with E-state index in [-0.39, 0.29) is 16.3 Å². The summed E-state index contributed by atoms with van der Waals surface area (Å²) >= 11 is 8.56. The summed E-state index contributed by atoms with van der Waals surface area (Å²) in [5.74, 6) is -0.387. The zero-order valence-electron chi connectivity index (χ0n) is 19.2. The lowest BCUT2D eigenvalue weighted by atomic mass is 10.1. The SMILES string of the molecule is CCOC(=O)c1cnc(SC)nc1Cl.CCOC(=O)c1cnc(SC)nc1NC(C)(C)C.